The normalized spacial score (nSPS) is 15.5. The van der Waals surface area contributed by atoms with E-state index >= 15 is 0 Å². The zero-order chi connectivity index (χ0) is 23.6. The molecule has 33 heavy (non-hydrogen) atoms. The molecule has 1 atom stereocenters. The first-order valence-corrected chi connectivity index (χ1v) is 12.9. The summed E-state index contributed by atoms with van der Waals surface area (Å²) in [7, 11) is -2.31. The molecule has 0 aliphatic carbocycles. The van der Waals surface area contributed by atoms with Gasteiger partial charge in [0.2, 0.25) is 15.7 Å². The average molecular weight is 488 g/mol. The summed E-state index contributed by atoms with van der Waals surface area (Å²) in [5.74, 6) is 1.29. The van der Waals surface area contributed by atoms with E-state index in [0.717, 1.165) is 10.4 Å². The number of carbonyl (C=O) groups excluding carboxylic acids is 1. The SMILES string of the molecule is CCOc1ccc([C@@H]2CC(=O)Nc3c(S(=O)(=O)c4ccc(OC)cc4)csc32)cc1OCC. The van der Waals surface area contributed by atoms with Gasteiger partial charge in [-0.15, -0.1) is 11.3 Å². The number of thiophene rings is 1. The van der Waals surface area contributed by atoms with E-state index in [-0.39, 0.29) is 28.0 Å². The van der Waals surface area contributed by atoms with E-state index in [9.17, 15) is 13.2 Å². The van der Waals surface area contributed by atoms with E-state index in [1.165, 1.54) is 30.6 Å². The second-order valence-corrected chi connectivity index (χ2v) is 10.2. The summed E-state index contributed by atoms with van der Waals surface area (Å²) >= 11 is 1.33. The molecule has 0 bridgehead atoms. The molecule has 9 heteroatoms. The van der Waals surface area contributed by atoms with Crippen molar-refractivity contribution < 1.29 is 27.4 Å². The fourth-order valence-corrected chi connectivity index (χ4v) is 6.75. The minimum atomic E-state index is -3.83. The smallest absolute Gasteiger partial charge is 0.225 e. The number of hydrogen-bond donors (Lipinski definition) is 1. The first-order chi connectivity index (χ1) is 15.9. The molecule has 1 amide bonds. The molecule has 0 saturated carbocycles. The van der Waals surface area contributed by atoms with E-state index in [0.29, 0.717) is 36.1 Å². The van der Waals surface area contributed by atoms with Gasteiger partial charge in [-0.25, -0.2) is 8.42 Å². The lowest BCUT2D eigenvalue weighted by molar-refractivity contribution is -0.116. The molecule has 7 nitrogen and oxygen atoms in total. The number of carbonyl (C=O) groups is 1. The number of anilines is 1. The van der Waals surface area contributed by atoms with Crippen LogP contribution in [0.25, 0.3) is 0 Å². The molecule has 0 radical (unpaired) electrons. The van der Waals surface area contributed by atoms with Crippen molar-refractivity contribution >= 4 is 32.8 Å². The molecule has 1 aliphatic rings. The van der Waals surface area contributed by atoms with Crippen LogP contribution in [-0.4, -0.2) is 34.6 Å². The molecule has 0 fully saturated rings. The quantitative estimate of drug-likeness (QED) is 0.488. The van der Waals surface area contributed by atoms with Crippen LogP contribution in [0.2, 0.25) is 0 Å². The number of sulfone groups is 1. The maximum absolute atomic E-state index is 13.4. The minimum absolute atomic E-state index is 0.0988. The number of amides is 1. The molecule has 2 aromatic carbocycles. The van der Waals surface area contributed by atoms with Crippen LogP contribution in [0.15, 0.2) is 57.6 Å². The second kappa shape index (κ2) is 9.44. The van der Waals surface area contributed by atoms with Crippen molar-refractivity contribution in [2.75, 3.05) is 25.6 Å². The van der Waals surface area contributed by atoms with Crippen LogP contribution >= 0.6 is 11.3 Å². The lowest BCUT2D eigenvalue weighted by Crippen LogP contribution is -2.23. The first-order valence-electron chi connectivity index (χ1n) is 10.6. The number of methoxy groups -OCH3 is 1. The molecule has 1 aliphatic heterocycles. The summed E-state index contributed by atoms with van der Waals surface area (Å²) in [6, 6.07) is 11.8. The Hall–Kier alpha value is -3.04. The highest BCUT2D eigenvalue weighted by atomic mass is 32.2. The van der Waals surface area contributed by atoms with Crippen LogP contribution in [0.3, 0.4) is 0 Å². The van der Waals surface area contributed by atoms with Gasteiger partial charge in [-0.1, -0.05) is 6.07 Å². The molecular weight excluding hydrogens is 462 g/mol. The highest BCUT2D eigenvalue weighted by Crippen LogP contribution is 2.47. The van der Waals surface area contributed by atoms with Crippen molar-refractivity contribution in [1.82, 2.24) is 0 Å². The third-order valence-electron chi connectivity index (χ3n) is 5.39. The molecular formula is C24H25NO6S2. The van der Waals surface area contributed by atoms with Crippen molar-refractivity contribution in [1.29, 1.82) is 0 Å². The summed E-state index contributed by atoms with van der Waals surface area (Å²) in [6.07, 6.45) is 0.217. The molecule has 0 saturated heterocycles. The number of ether oxygens (including phenoxy) is 3. The zero-order valence-corrected chi connectivity index (χ0v) is 20.2. The Morgan fingerprint density at radius 3 is 2.39 bits per heavy atom. The number of benzene rings is 2. The summed E-state index contributed by atoms with van der Waals surface area (Å²) in [4.78, 5) is 13.6. The molecule has 1 aromatic heterocycles. The van der Waals surface area contributed by atoms with Crippen molar-refractivity contribution in [2.24, 2.45) is 0 Å². The Bertz CT molecular complexity index is 1260. The Kier molecular flexibility index (Phi) is 6.62. The Labute approximate surface area is 197 Å². The topological polar surface area (TPSA) is 90.9 Å². The Morgan fingerprint density at radius 1 is 1.03 bits per heavy atom. The van der Waals surface area contributed by atoms with Gasteiger partial charge in [0, 0.05) is 22.6 Å². The highest BCUT2D eigenvalue weighted by Gasteiger charge is 2.34. The van der Waals surface area contributed by atoms with Gasteiger partial charge in [0.25, 0.3) is 0 Å². The second-order valence-electron chi connectivity index (χ2n) is 7.40. The summed E-state index contributed by atoms with van der Waals surface area (Å²) in [5, 5.41) is 4.39. The Morgan fingerprint density at radius 2 is 1.73 bits per heavy atom. The number of fused-ring (bicyclic) bond motifs is 1. The van der Waals surface area contributed by atoms with Gasteiger partial charge >= 0.3 is 0 Å². The van der Waals surface area contributed by atoms with Crippen LogP contribution < -0.4 is 19.5 Å². The largest absolute Gasteiger partial charge is 0.497 e. The third-order valence-corrected chi connectivity index (χ3v) is 8.42. The van der Waals surface area contributed by atoms with Gasteiger partial charge in [-0.05, 0) is 55.8 Å². The summed E-state index contributed by atoms with van der Waals surface area (Å²) < 4.78 is 43.2. The first kappa shape index (κ1) is 23.1. The average Bonchev–Trinajstić information content (AvgIpc) is 3.24. The Balaban J connectivity index is 1.76. The maximum atomic E-state index is 13.4. The maximum Gasteiger partial charge on any atom is 0.225 e. The lowest BCUT2D eigenvalue weighted by Gasteiger charge is -2.24. The van der Waals surface area contributed by atoms with E-state index in [4.69, 9.17) is 14.2 Å². The standard InChI is InChI=1S/C24H25NO6S2/c1-4-30-19-11-6-15(12-20(19)31-5-2)18-13-22(26)25-23-21(14-32-24(18)23)33(27,28)17-9-7-16(29-3)8-10-17/h6-12,14,18H,4-5,13H2,1-3H3,(H,25,26)/t18-/m0/s1. The third kappa shape index (κ3) is 4.43. The van der Waals surface area contributed by atoms with E-state index in [1.54, 1.807) is 17.5 Å². The van der Waals surface area contributed by atoms with Gasteiger partial charge in [0.05, 0.1) is 30.9 Å². The fraction of sp³-hybridized carbons (Fsp3) is 0.292. The van der Waals surface area contributed by atoms with Crippen LogP contribution in [0.4, 0.5) is 5.69 Å². The molecule has 4 rings (SSSR count). The van der Waals surface area contributed by atoms with Gasteiger partial charge in [0.15, 0.2) is 11.5 Å². The zero-order valence-electron chi connectivity index (χ0n) is 18.6. The van der Waals surface area contributed by atoms with E-state index in [1.807, 2.05) is 32.0 Å². The van der Waals surface area contributed by atoms with E-state index in [2.05, 4.69) is 5.32 Å². The van der Waals surface area contributed by atoms with Crippen LogP contribution in [0.1, 0.15) is 36.6 Å². The molecule has 3 aromatic rings. The molecule has 0 unspecified atom stereocenters. The number of nitrogens with one attached hydrogen (secondary N) is 1. The summed E-state index contributed by atoms with van der Waals surface area (Å²) in [5.41, 5.74) is 1.22. The van der Waals surface area contributed by atoms with Gasteiger partial charge in [-0.3, -0.25) is 4.79 Å². The van der Waals surface area contributed by atoms with Crippen molar-refractivity contribution in [3.05, 3.63) is 58.3 Å². The minimum Gasteiger partial charge on any atom is -0.497 e. The van der Waals surface area contributed by atoms with Crippen LogP contribution in [-0.2, 0) is 14.6 Å². The van der Waals surface area contributed by atoms with Crippen molar-refractivity contribution in [3.63, 3.8) is 0 Å². The molecule has 0 spiro atoms. The number of hydrogen-bond acceptors (Lipinski definition) is 7. The van der Waals surface area contributed by atoms with Gasteiger partial charge in [-0.2, -0.15) is 0 Å². The van der Waals surface area contributed by atoms with Gasteiger partial charge < -0.3 is 19.5 Å². The number of rotatable bonds is 8. The fourth-order valence-electron chi connectivity index (χ4n) is 3.84. The van der Waals surface area contributed by atoms with Crippen molar-refractivity contribution in [2.45, 2.75) is 36.0 Å². The van der Waals surface area contributed by atoms with Crippen LogP contribution in [0, 0.1) is 0 Å². The van der Waals surface area contributed by atoms with Gasteiger partial charge in [0.1, 0.15) is 10.6 Å². The molecule has 1 N–H and O–H groups in total. The summed E-state index contributed by atoms with van der Waals surface area (Å²) in [6.45, 7) is 4.78. The van der Waals surface area contributed by atoms with Crippen LogP contribution in [0.5, 0.6) is 17.2 Å². The lowest BCUT2D eigenvalue weighted by atomic mass is 9.90. The molecule has 2 heterocycles. The monoisotopic (exact) mass is 487 g/mol. The van der Waals surface area contributed by atoms with E-state index < -0.39 is 9.84 Å². The van der Waals surface area contributed by atoms with Crippen molar-refractivity contribution in [3.8, 4) is 17.2 Å². The highest BCUT2D eigenvalue weighted by molar-refractivity contribution is 7.91. The predicted octanol–water partition coefficient (Wildman–Crippen LogP) is 4.86. The predicted molar refractivity (Wildman–Crippen MR) is 127 cm³/mol. The molecule has 174 valence electrons.